The van der Waals surface area contributed by atoms with Gasteiger partial charge < -0.3 is 10.1 Å². The first kappa shape index (κ1) is 14.4. The minimum atomic E-state index is -0.0244. The van der Waals surface area contributed by atoms with Crippen molar-refractivity contribution in [2.75, 3.05) is 18.5 Å². The van der Waals surface area contributed by atoms with E-state index in [1.54, 1.807) is 0 Å². The Balaban J connectivity index is 3.52. The van der Waals surface area contributed by atoms with Crippen molar-refractivity contribution in [3.63, 3.8) is 0 Å². The molecule has 3 heteroatoms. The lowest BCUT2D eigenvalue weighted by molar-refractivity contribution is -0.00178. The van der Waals surface area contributed by atoms with E-state index in [1.165, 1.54) is 0 Å². The summed E-state index contributed by atoms with van der Waals surface area (Å²) in [5, 5.41) is 4.47. The van der Waals surface area contributed by atoms with Crippen molar-refractivity contribution in [1.29, 1.82) is 0 Å². The highest BCUT2D eigenvalue weighted by atomic mass is 79.9. The Morgan fingerprint density at radius 2 is 1.86 bits per heavy atom. The topological polar surface area (TPSA) is 21.3 Å². The molecular formula is C11H24BrNO. The maximum absolute atomic E-state index is 5.63. The molecule has 0 amide bonds. The molecule has 0 saturated carbocycles. The number of nitrogens with one attached hydrogen (secondary N) is 1. The third kappa shape index (κ3) is 7.77. The quantitative estimate of drug-likeness (QED) is 0.589. The van der Waals surface area contributed by atoms with E-state index in [-0.39, 0.29) is 5.60 Å². The summed E-state index contributed by atoms with van der Waals surface area (Å²) in [6.07, 6.45) is 0. The molecule has 0 bridgehead atoms. The van der Waals surface area contributed by atoms with Crippen molar-refractivity contribution in [2.24, 2.45) is 5.92 Å². The molecule has 0 aliphatic heterocycles. The smallest absolute Gasteiger partial charge is 0.0599 e. The van der Waals surface area contributed by atoms with Crippen LogP contribution in [0.5, 0.6) is 0 Å². The molecule has 2 nitrogen and oxygen atoms in total. The lowest BCUT2D eigenvalue weighted by Crippen LogP contribution is -2.38. The second kappa shape index (κ2) is 6.81. The number of alkyl halides is 1. The van der Waals surface area contributed by atoms with E-state index in [1.807, 2.05) is 0 Å². The Bertz CT molecular complexity index is 143. The summed E-state index contributed by atoms with van der Waals surface area (Å²) in [6.45, 7) is 12.4. The van der Waals surface area contributed by atoms with Crippen LogP contribution in [0.25, 0.3) is 0 Å². The van der Waals surface area contributed by atoms with Crippen LogP contribution in [0.3, 0.4) is 0 Å². The predicted molar refractivity (Wildman–Crippen MR) is 66.1 cm³/mol. The zero-order valence-corrected chi connectivity index (χ0v) is 11.6. The maximum Gasteiger partial charge on any atom is 0.0599 e. The standard InChI is InChI=1S/C11H24BrNO/c1-9(2)10(8-12)13-6-7-14-11(3,4)5/h9-10,13H,6-8H2,1-5H3. The van der Waals surface area contributed by atoms with Gasteiger partial charge in [0.1, 0.15) is 0 Å². The molecule has 0 heterocycles. The number of ether oxygens (including phenoxy) is 1. The number of hydrogen-bond acceptors (Lipinski definition) is 2. The second-order valence-corrected chi connectivity index (χ2v) is 5.57. The summed E-state index contributed by atoms with van der Waals surface area (Å²) < 4.78 is 5.63. The van der Waals surface area contributed by atoms with Crippen LogP contribution in [-0.4, -0.2) is 30.1 Å². The van der Waals surface area contributed by atoms with Crippen molar-refractivity contribution in [3.8, 4) is 0 Å². The van der Waals surface area contributed by atoms with Crippen LogP contribution in [0.15, 0.2) is 0 Å². The van der Waals surface area contributed by atoms with Crippen LogP contribution < -0.4 is 5.32 Å². The molecule has 14 heavy (non-hydrogen) atoms. The van der Waals surface area contributed by atoms with Crippen molar-refractivity contribution in [3.05, 3.63) is 0 Å². The lowest BCUT2D eigenvalue weighted by Gasteiger charge is -2.23. The van der Waals surface area contributed by atoms with E-state index in [9.17, 15) is 0 Å². The molecule has 0 spiro atoms. The highest BCUT2D eigenvalue weighted by molar-refractivity contribution is 9.09. The number of hydrogen-bond donors (Lipinski definition) is 1. The van der Waals surface area contributed by atoms with E-state index in [0.717, 1.165) is 18.5 Å². The van der Waals surface area contributed by atoms with Gasteiger partial charge in [0, 0.05) is 17.9 Å². The highest BCUT2D eigenvalue weighted by Crippen LogP contribution is 2.07. The van der Waals surface area contributed by atoms with Gasteiger partial charge in [0.25, 0.3) is 0 Å². The largest absolute Gasteiger partial charge is 0.375 e. The van der Waals surface area contributed by atoms with E-state index in [0.29, 0.717) is 12.0 Å². The first-order valence-corrected chi connectivity index (χ1v) is 6.42. The zero-order chi connectivity index (χ0) is 11.2. The molecule has 0 aliphatic carbocycles. The first-order valence-electron chi connectivity index (χ1n) is 5.30. The molecule has 0 radical (unpaired) electrons. The monoisotopic (exact) mass is 265 g/mol. The van der Waals surface area contributed by atoms with Crippen LogP contribution in [-0.2, 0) is 4.74 Å². The molecule has 0 aromatic carbocycles. The Kier molecular flexibility index (Phi) is 7.00. The summed E-state index contributed by atoms with van der Waals surface area (Å²) in [6, 6.07) is 0.540. The van der Waals surface area contributed by atoms with Crippen molar-refractivity contribution in [2.45, 2.75) is 46.3 Å². The van der Waals surface area contributed by atoms with Gasteiger partial charge in [-0.25, -0.2) is 0 Å². The summed E-state index contributed by atoms with van der Waals surface area (Å²) in [7, 11) is 0. The van der Waals surface area contributed by atoms with E-state index >= 15 is 0 Å². The average Bonchev–Trinajstić information content (AvgIpc) is 2.01. The molecular weight excluding hydrogens is 242 g/mol. The van der Waals surface area contributed by atoms with E-state index in [2.05, 4.69) is 55.9 Å². The third-order valence-corrected chi connectivity index (χ3v) is 2.71. The molecule has 1 atom stereocenters. The summed E-state index contributed by atoms with van der Waals surface area (Å²) in [5.41, 5.74) is -0.0244. The van der Waals surface area contributed by atoms with E-state index < -0.39 is 0 Å². The Labute approximate surface area is 96.9 Å². The summed E-state index contributed by atoms with van der Waals surface area (Å²) in [5.74, 6) is 0.656. The molecule has 0 aromatic heterocycles. The van der Waals surface area contributed by atoms with Crippen molar-refractivity contribution >= 4 is 15.9 Å². The second-order valence-electron chi connectivity index (χ2n) is 4.92. The Morgan fingerprint density at radius 1 is 1.29 bits per heavy atom. The fourth-order valence-corrected chi connectivity index (χ4v) is 2.05. The van der Waals surface area contributed by atoms with Gasteiger partial charge >= 0.3 is 0 Å². The fourth-order valence-electron chi connectivity index (χ4n) is 1.07. The normalized spacial score (nSPS) is 14.8. The van der Waals surface area contributed by atoms with Crippen LogP contribution in [0.1, 0.15) is 34.6 Å². The van der Waals surface area contributed by atoms with Gasteiger partial charge in [0.15, 0.2) is 0 Å². The van der Waals surface area contributed by atoms with Crippen molar-refractivity contribution < 1.29 is 4.74 Å². The molecule has 0 rings (SSSR count). The molecule has 0 fully saturated rings. The van der Waals surface area contributed by atoms with E-state index in [4.69, 9.17) is 4.74 Å². The van der Waals surface area contributed by atoms with Gasteiger partial charge in [-0.3, -0.25) is 0 Å². The predicted octanol–water partition coefficient (Wildman–Crippen LogP) is 2.81. The molecule has 86 valence electrons. The maximum atomic E-state index is 5.63. The van der Waals surface area contributed by atoms with Crippen LogP contribution in [0, 0.1) is 5.92 Å². The number of rotatable bonds is 6. The first-order chi connectivity index (χ1) is 6.37. The minimum absolute atomic E-state index is 0.0244. The lowest BCUT2D eigenvalue weighted by atomic mass is 10.1. The Morgan fingerprint density at radius 3 is 2.21 bits per heavy atom. The highest BCUT2D eigenvalue weighted by Gasteiger charge is 2.12. The molecule has 0 saturated heterocycles. The van der Waals surface area contributed by atoms with Gasteiger partial charge in [0.2, 0.25) is 0 Å². The molecule has 1 unspecified atom stereocenters. The summed E-state index contributed by atoms with van der Waals surface area (Å²) >= 11 is 3.50. The van der Waals surface area contributed by atoms with Gasteiger partial charge in [-0.1, -0.05) is 29.8 Å². The van der Waals surface area contributed by atoms with Crippen LogP contribution in [0.4, 0.5) is 0 Å². The zero-order valence-electron chi connectivity index (χ0n) is 10.1. The van der Waals surface area contributed by atoms with Gasteiger partial charge in [-0.15, -0.1) is 0 Å². The summed E-state index contributed by atoms with van der Waals surface area (Å²) in [4.78, 5) is 0. The van der Waals surface area contributed by atoms with Gasteiger partial charge in [-0.05, 0) is 26.7 Å². The number of halogens is 1. The van der Waals surface area contributed by atoms with Crippen LogP contribution >= 0.6 is 15.9 Å². The minimum Gasteiger partial charge on any atom is -0.375 e. The average molecular weight is 266 g/mol. The van der Waals surface area contributed by atoms with Crippen LogP contribution in [0.2, 0.25) is 0 Å². The fraction of sp³-hybridized carbons (Fsp3) is 1.00. The third-order valence-electron chi connectivity index (χ3n) is 2.01. The van der Waals surface area contributed by atoms with Gasteiger partial charge in [0.05, 0.1) is 12.2 Å². The van der Waals surface area contributed by atoms with Crippen molar-refractivity contribution in [1.82, 2.24) is 5.32 Å². The molecule has 0 aromatic rings. The SMILES string of the molecule is CC(C)C(CBr)NCCOC(C)(C)C. The molecule has 0 aliphatic rings. The molecule has 1 N–H and O–H groups in total. The van der Waals surface area contributed by atoms with Gasteiger partial charge in [-0.2, -0.15) is 0 Å². The Hall–Kier alpha value is 0.400.